The highest BCUT2D eigenvalue weighted by atomic mass is 32.2. The van der Waals surface area contributed by atoms with E-state index in [9.17, 15) is 8.42 Å². The van der Waals surface area contributed by atoms with Crippen LogP contribution in [0.15, 0.2) is 52.3 Å². The third-order valence-corrected chi connectivity index (χ3v) is 8.74. The Balaban J connectivity index is 1.61. The fourth-order valence-corrected chi connectivity index (χ4v) is 6.72. The van der Waals surface area contributed by atoms with Gasteiger partial charge in [-0.1, -0.05) is 42.1 Å². The van der Waals surface area contributed by atoms with Crippen molar-refractivity contribution < 1.29 is 13.2 Å². The second-order valence-electron chi connectivity index (χ2n) is 7.52. The Morgan fingerprint density at radius 3 is 2.44 bits per heavy atom. The number of fused-ring (bicyclic) bond motifs is 2. The summed E-state index contributed by atoms with van der Waals surface area (Å²) in [5, 5.41) is -0.567. The van der Waals surface area contributed by atoms with Crippen LogP contribution in [0.3, 0.4) is 0 Å². The zero-order valence-electron chi connectivity index (χ0n) is 15.9. The van der Waals surface area contributed by atoms with Crippen LogP contribution in [-0.2, 0) is 21.2 Å². The lowest BCUT2D eigenvalue weighted by atomic mass is 10.0. The standard InChI is InChI=1S/C21H25NO3S2/c1-14-12-22(13-15(2)25-14)27(23,24)16(3)17-8-9-21-19(10-17)11-18-6-4-5-7-20(18)26-21/h4-10,14-16H,11-13H2,1-3H3/t14-,15+,16?. The van der Waals surface area contributed by atoms with Crippen LogP contribution < -0.4 is 0 Å². The lowest BCUT2D eigenvalue weighted by Gasteiger charge is -2.36. The Bertz CT molecular complexity index is 948. The molecule has 0 bridgehead atoms. The van der Waals surface area contributed by atoms with Crippen molar-refractivity contribution in [1.82, 2.24) is 4.31 Å². The van der Waals surface area contributed by atoms with Crippen LogP contribution in [0.4, 0.5) is 0 Å². The quantitative estimate of drug-likeness (QED) is 0.656. The van der Waals surface area contributed by atoms with Crippen LogP contribution in [0.25, 0.3) is 0 Å². The fraction of sp³-hybridized carbons (Fsp3) is 0.429. The van der Waals surface area contributed by atoms with Gasteiger partial charge in [-0.2, -0.15) is 4.31 Å². The zero-order chi connectivity index (χ0) is 19.2. The van der Waals surface area contributed by atoms with Crippen LogP contribution in [0, 0.1) is 0 Å². The van der Waals surface area contributed by atoms with Gasteiger partial charge in [0.15, 0.2) is 0 Å². The van der Waals surface area contributed by atoms with Crippen molar-refractivity contribution in [1.29, 1.82) is 0 Å². The molecule has 0 saturated carbocycles. The van der Waals surface area contributed by atoms with Crippen molar-refractivity contribution in [3.05, 3.63) is 59.2 Å². The molecule has 6 heteroatoms. The van der Waals surface area contributed by atoms with E-state index in [0.29, 0.717) is 13.1 Å². The Kier molecular flexibility index (Phi) is 5.10. The second kappa shape index (κ2) is 7.24. The van der Waals surface area contributed by atoms with E-state index in [-0.39, 0.29) is 12.2 Å². The van der Waals surface area contributed by atoms with Crippen molar-refractivity contribution in [3.63, 3.8) is 0 Å². The molecule has 27 heavy (non-hydrogen) atoms. The molecule has 0 aliphatic carbocycles. The van der Waals surface area contributed by atoms with E-state index in [1.165, 1.54) is 20.9 Å². The lowest BCUT2D eigenvalue weighted by Crippen LogP contribution is -2.49. The first kappa shape index (κ1) is 19.0. The van der Waals surface area contributed by atoms with Crippen LogP contribution in [0.5, 0.6) is 0 Å². The first-order valence-electron chi connectivity index (χ1n) is 9.37. The molecule has 0 N–H and O–H groups in total. The predicted octanol–water partition coefficient (Wildman–Crippen LogP) is 4.24. The van der Waals surface area contributed by atoms with Crippen molar-refractivity contribution in [3.8, 4) is 0 Å². The van der Waals surface area contributed by atoms with E-state index in [1.54, 1.807) is 23.0 Å². The highest BCUT2D eigenvalue weighted by Gasteiger charge is 2.35. The van der Waals surface area contributed by atoms with E-state index in [2.05, 4.69) is 36.4 Å². The van der Waals surface area contributed by atoms with Crippen molar-refractivity contribution in [2.24, 2.45) is 0 Å². The van der Waals surface area contributed by atoms with Gasteiger partial charge in [0.2, 0.25) is 10.0 Å². The fourth-order valence-electron chi connectivity index (χ4n) is 3.90. The molecule has 2 aliphatic heterocycles. The van der Waals surface area contributed by atoms with Gasteiger partial charge < -0.3 is 4.74 Å². The lowest BCUT2D eigenvalue weighted by molar-refractivity contribution is -0.0442. The topological polar surface area (TPSA) is 46.6 Å². The first-order chi connectivity index (χ1) is 12.8. The molecule has 2 aliphatic rings. The molecule has 1 saturated heterocycles. The summed E-state index contributed by atoms with van der Waals surface area (Å²) in [5.74, 6) is 0. The van der Waals surface area contributed by atoms with Gasteiger partial charge in [0.1, 0.15) is 0 Å². The van der Waals surface area contributed by atoms with Gasteiger partial charge >= 0.3 is 0 Å². The van der Waals surface area contributed by atoms with Crippen LogP contribution >= 0.6 is 11.8 Å². The summed E-state index contributed by atoms with van der Waals surface area (Å²) in [4.78, 5) is 2.50. The summed E-state index contributed by atoms with van der Waals surface area (Å²) in [6.45, 7) is 6.49. The maximum absolute atomic E-state index is 13.2. The number of ether oxygens (including phenoxy) is 1. The number of rotatable bonds is 3. The summed E-state index contributed by atoms with van der Waals surface area (Å²) < 4.78 is 33.7. The maximum Gasteiger partial charge on any atom is 0.221 e. The minimum Gasteiger partial charge on any atom is -0.373 e. The molecule has 1 fully saturated rings. The molecule has 144 valence electrons. The molecular weight excluding hydrogens is 378 g/mol. The molecule has 2 heterocycles. The monoisotopic (exact) mass is 403 g/mol. The van der Waals surface area contributed by atoms with E-state index < -0.39 is 15.3 Å². The van der Waals surface area contributed by atoms with Gasteiger partial charge in [-0.3, -0.25) is 0 Å². The zero-order valence-corrected chi connectivity index (χ0v) is 17.5. The average Bonchev–Trinajstić information content (AvgIpc) is 2.64. The smallest absolute Gasteiger partial charge is 0.221 e. The van der Waals surface area contributed by atoms with Gasteiger partial charge in [-0.05, 0) is 56.0 Å². The second-order valence-corrected chi connectivity index (χ2v) is 10.9. The number of benzene rings is 2. The van der Waals surface area contributed by atoms with E-state index in [4.69, 9.17) is 4.74 Å². The SMILES string of the molecule is CC(c1ccc2c(c1)Cc1ccccc1S2)S(=O)(=O)N1C[C@@H](C)O[C@@H](C)C1. The summed E-state index contributed by atoms with van der Waals surface area (Å²) in [5.41, 5.74) is 3.38. The minimum absolute atomic E-state index is 0.0767. The molecule has 1 unspecified atom stereocenters. The van der Waals surface area contributed by atoms with E-state index in [0.717, 1.165) is 12.0 Å². The van der Waals surface area contributed by atoms with Crippen molar-refractivity contribution in [2.45, 2.75) is 54.4 Å². The van der Waals surface area contributed by atoms with Crippen LogP contribution in [-0.4, -0.2) is 38.0 Å². The summed E-state index contributed by atoms with van der Waals surface area (Å²) in [7, 11) is -3.42. The number of nitrogens with zero attached hydrogens (tertiary/aromatic N) is 1. The number of morpholine rings is 1. The molecule has 2 aromatic rings. The molecule has 0 aromatic heterocycles. The van der Waals surface area contributed by atoms with Gasteiger partial charge in [0, 0.05) is 22.9 Å². The van der Waals surface area contributed by atoms with Gasteiger partial charge in [-0.15, -0.1) is 0 Å². The third kappa shape index (κ3) is 3.68. The van der Waals surface area contributed by atoms with Gasteiger partial charge in [0.05, 0.1) is 17.5 Å². The molecule has 0 amide bonds. The number of sulfonamides is 1. The van der Waals surface area contributed by atoms with Crippen molar-refractivity contribution in [2.75, 3.05) is 13.1 Å². The van der Waals surface area contributed by atoms with E-state index in [1.807, 2.05) is 19.9 Å². The van der Waals surface area contributed by atoms with E-state index >= 15 is 0 Å². The average molecular weight is 404 g/mol. The van der Waals surface area contributed by atoms with Gasteiger partial charge in [-0.25, -0.2) is 8.42 Å². The third-order valence-electron chi connectivity index (χ3n) is 5.32. The predicted molar refractivity (Wildman–Crippen MR) is 109 cm³/mol. The number of hydrogen-bond donors (Lipinski definition) is 0. The Labute approximate surface area is 166 Å². The summed E-state index contributed by atoms with van der Waals surface area (Å²) in [6, 6.07) is 14.5. The number of hydrogen-bond acceptors (Lipinski definition) is 4. The summed E-state index contributed by atoms with van der Waals surface area (Å²) >= 11 is 1.76. The first-order valence-corrected chi connectivity index (χ1v) is 11.7. The van der Waals surface area contributed by atoms with Crippen LogP contribution in [0.2, 0.25) is 0 Å². The normalized spacial score (nSPS) is 24.1. The Hall–Kier alpha value is -1.34. The maximum atomic E-state index is 13.2. The molecule has 3 atom stereocenters. The molecule has 0 spiro atoms. The van der Waals surface area contributed by atoms with Gasteiger partial charge in [0.25, 0.3) is 0 Å². The Morgan fingerprint density at radius 2 is 1.70 bits per heavy atom. The summed E-state index contributed by atoms with van der Waals surface area (Å²) in [6.07, 6.45) is 0.699. The van der Waals surface area contributed by atoms with Crippen molar-refractivity contribution >= 4 is 21.8 Å². The largest absolute Gasteiger partial charge is 0.373 e. The Morgan fingerprint density at radius 1 is 1.04 bits per heavy atom. The molecule has 2 aromatic carbocycles. The highest BCUT2D eigenvalue weighted by molar-refractivity contribution is 7.99. The highest BCUT2D eigenvalue weighted by Crippen LogP contribution is 2.41. The molecular formula is C21H25NO3S2. The molecule has 4 rings (SSSR count). The minimum atomic E-state index is -3.42. The molecule has 0 radical (unpaired) electrons. The molecule has 4 nitrogen and oxygen atoms in total. The van der Waals surface area contributed by atoms with Crippen LogP contribution in [0.1, 0.15) is 42.7 Å².